The van der Waals surface area contributed by atoms with E-state index < -0.39 is 0 Å². The number of ether oxygens (including phenoxy) is 2. The Labute approximate surface area is 108 Å². The zero-order chi connectivity index (χ0) is 13.4. The fourth-order valence-corrected chi connectivity index (χ4v) is 1.72. The number of carbonyl (C=O) groups excluding carboxylic acids is 1. The number of rotatable bonds is 7. The van der Waals surface area contributed by atoms with E-state index >= 15 is 0 Å². The van der Waals surface area contributed by atoms with Gasteiger partial charge in [-0.1, -0.05) is 24.3 Å². The van der Waals surface area contributed by atoms with Crippen molar-refractivity contribution in [1.29, 1.82) is 0 Å². The van der Waals surface area contributed by atoms with Crippen LogP contribution >= 0.6 is 0 Å². The van der Waals surface area contributed by atoms with Gasteiger partial charge < -0.3 is 14.8 Å². The highest BCUT2D eigenvalue weighted by Gasteiger charge is 2.09. The molecule has 1 atom stereocenters. The van der Waals surface area contributed by atoms with Gasteiger partial charge in [0.1, 0.15) is 0 Å². The molecular weight excluding hydrogens is 230 g/mol. The highest BCUT2D eigenvalue weighted by atomic mass is 16.5. The van der Waals surface area contributed by atoms with E-state index in [2.05, 4.69) is 16.1 Å². The summed E-state index contributed by atoms with van der Waals surface area (Å²) >= 11 is 0. The number of nitrogens with one attached hydrogen (secondary N) is 1. The van der Waals surface area contributed by atoms with E-state index in [4.69, 9.17) is 4.74 Å². The van der Waals surface area contributed by atoms with Gasteiger partial charge in [-0.3, -0.25) is 4.79 Å². The lowest BCUT2D eigenvalue weighted by atomic mass is 10.1. The summed E-state index contributed by atoms with van der Waals surface area (Å²) in [6, 6.07) is 8.20. The van der Waals surface area contributed by atoms with Crippen LogP contribution in [-0.2, 0) is 27.4 Å². The van der Waals surface area contributed by atoms with E-state index in [-0.39, 0.29) is 12.0 Å². The second kappa shape index (κ2) is 7.84. The Morgan fingerprint density at radius 3 is 2.56 bits per heavy atom. The number of benzene rings is 1. The molecule has 18 heavy (non-hydrogen) atoms. The van der Waals surface area contributed by atoms with Crippen LogP contribution < -0.4 is 5.32 Å². The van der Waals surface area contributed by atoms with Crippen molar-refractivity contribution in [1.82, 2.24) is 5.32 Å². The van der Waals surface area contributed by atoms with Gasteiger partial charge in [0.2, 0.25) is 0 Å². The molecule has 100 valence electrons. The minimum absolute atomic E-state index is 0.0908. The molecule has 1 N–H and O–H groups in total. The van der Waals surface area contributed by atoms with Gasteiger partial charge in [0.25, 0.3) is 0 Å². The average molecular weight is 251 g/mol. The maximum absolute atomic E-state index is 11.1. The summed E-state index contributed by atoms with van der Waals surface area (Å²) < 4.78 is 9.79. The Bertz CT molecular complexity index is 379. The quantitative estimate of drug-likeness (QED) is 0.752. The zero-order valence-electron chi connectivity index (χ0n) is 11.2. The van der Waals surface area contributed by atoms with Crippen LogP contribution in [0.3, 0.4) is 0 Å². The van der Waals surface area contributed by atoms with Crippen LogP contribution in [0, 0.1) is 0 Å². The molecule has 1 aromatic rings. The van der Waals surface area contributed by atoms with E-state index in [1.165, 1.54) is 12.7 Å². The second-order valence-corrected chi connectivity index (χ2v) is 4.26. The standard InChI is InChI=1S/C14H21NO3/c1-11(8-14(16)18-3)15-9-12-6-4-5-7-13(12)10-17-2/h4-7,11,15H,8-10H2,1-3H3. The number of methoxy groups -OCH3 is 2. The third-order valence-corrected chi connectivity index (χ3v) is 2.76. The average Bonchev–Trinajstić information content (AvgIpc) is 2.38. The van der Waals surface area contributed by atoms with Gasteiger partial charge in [0.15, 0.2) is 0 Å². The molecule has 1 aromatic carbocycles. The molecule has 1 rings (SSSR count). The van der Waals surface area contributed by atoms with Crippen molar-refractivity contribution in [2.75, 3.05) is 14.2 Å². The summed E-state index contributed by atoms with van der Waals surface area (Å²) in [4.78, 5) is 11.1. The largest absolute Gasteiger partial charge is 0.469 e. The van der Waals surface area contributed by atoms with Crippen LogP contribution in [0.2, 0.25) is 0 Å². The van der Waals surface area contributed by atoms with Crippen molar-refractivity contribution in [2.45, 2.75) is 32.5 Å². The molecular formula is C14H21NO3. The van der Waals surface area contributed by atoms with E-state index in [0.29, 0.717) is 13.0 Å². The maximum Gasteiger partial charge on any atom is 0.307 e. The van der Waals surface area contributed by atoms with E-state index in [9.17, 15) is 4.79 Å². The lowest BCUT2D eigenvalue weighted by Gasteiger charge is -2.14. The van der Waals surface area contributed by atoms with Gasteiger partial charge in [0.05, 0.1) is 20.1 Å². The third kappa shape index (κ3) is 4.85. The zero-order valence-corrected chi connectivity index (χ0v) is 11.2. The SMILES string of the molecule is COCc1ccccc1CNC(C)CC(=O)OC. The lowest BCUT2D eigenvalue weighted by Crippen LogP contribution is -2.28. The summed E-state index contributed by atoms with van der Waals surface area (Å²) in [5.41, 5.74) is 2.36. The fourth-order valence-electron chi connectivity index (χ4n) is 1.72. The summed E-state index contributed by atoms with van der Waals surface area (Å²) in [6.07, 6.45) is 0.378. The Kier molecular flexibility index (Phi) is 6.39. The van der Waals surface area contributed by atoms with Crippen LogP contribution in [0.5, 0.6) is 0 Å². The van der Waals surface area contributed by atoms with Gasteiger partial charge in [-0.2, -0.15) is 0 Å². The van der Waals surface area contributed by atoms with Crippen molar-refractivity contribution < 1.29 is 14.3 Å². The smallest absolute Gasteiger partial charge is 0.307 e. The Balaban J connectivity index is 2.49. The normalized spacial score (nSPS) is 12.2. The molecule has 0 saturated heterocycles. The van der Waals surface area contributed by atoms with E-state index in [1.807, 2.05) is 25.1 Å². The monoisotopic (exact) mass is 251 g/mol. The van der Waals surface area contributed by atoms with Crippen molar-refractivity contribution in [3.63, 3.8) is 0 Å². The first-order valence-corrected chi connectivity index (χ1v) is 6.03. The molecule has 1 unspecified atom stereocenters. The maximum atomic E-state index is 11.1. The molecule has 0 aliphatic heterocycles. The fraction of sp³-hybridized carbons (Fsp3) is 0.500. The third-order valence-electron chi connectivity index (χ3n) is 2.76. The minimum Gasteiger partial charge on any atom is -0.469 e. The molecule has 0 amide bonds. The number of carbonyl (C=O) groups is 1. The molecule has 0 radical (unpaired) electrons. The molecule has 4 heteroatoms. The van der Waals surface area contributed by atoms with Crippen molar-refractivity contribution in [3.05, 3.63) is 35.4 Å². The Hall–Kier alpha value is -1.39. The molecule has 0 saturated carbocycles. The van der Waals surface area contributed by atoms with E-state index in [1.54, 1.807) is 7.11 Å². The number of esters is 1. The first-order valence-electron chi connectivity index (χ1n) is 6.03. The molecule has 0 aromatic heterocycles. The predicted molar refractivity (Wildman–Crippen MR) is 70.1 cm³/mol. The van der Waals surface area contributed by atoms with Gasteiger partial charge in [-0.15, -0.1) is 0 Å². The molecule has 0 aliphatic rings. The summed E-state index contributed by atoms with van der Waals surface area (Å²) in [5, 5.41) is 3.31. The molecule has 0 aliphatic carbocycles. The lowest BCUT2D eigenvalue weighted by molar-refractivity contribution is -0.141. The predicted octanol–water partition coefficient (Wildman–Crippen LogP) is 1.87. The number of hydrogen-bond donors (Lipinski definition) is 1. The first-order chi connectivity index (χ1) is 8.67. The van der Waals surface area contributed by atoms with Crippen LogP contribution in [0.25, 0.3) is 0 Å². The van der Waals surface area contributed by atoms with E-state index in [0.717, 1.165) is 12.1 Å². The Morgan fingerprint density at radius 1 is 1.28 bits per heavy atom. The van der Waals surface area contributed by atoms with Gasteiger partial charge in [-0.05, 0) is 18.1 Å². The van der Waals surface area contributed by atoms with Crippen molar-refractivity contribution in [2.24, 2.45) is 0 Å². The summed E-state index contributed by atoms with van der Waals surface area (Å²) in [7, 11) is 3.09. The Morgan fingerprint density at radius 2 is 1.94 bits per heavy atom. The van der Waals surface area contributed by atoms with Crippen LogP contribution in [-0.4, -0.2) is 26.2 Å². The van der Waals surface area contributed by atoms with Gasteiger partial charge >= 0.3 is 5.97 Å². The topological polar surface area (TPSA) is 47.6 Å². The number of hydrogen-bond acceptors (Lipinski definition) is 4. The first kappa shape index (κ1) is 14.7. The van der Waals surface area contributed by atoms with Crippen LogP contribution in [0.1, 0.15) is 24.5 Å². The van der Waals surface area contributed by atoms with Crippen LogP contribution in [0.15, 0.2) is 24.3 Å². The van der Waals surface area contributed by atoms with Crippen LogP contribution in [0.4, 0.5) is 0 Å². The molecule has 0 bridgehead atoms. The van der Waals surface area contributed by atoms with Crippen molar-refractivity contribution >= 4 is 5.97 Å². The van der Waals surface area contributed by atoms with Gasteiger partial charge in [0, 0.05) is 19.7 Å². The van der Waals surface area contributed by atoms with Crippen molar-refractivity contribution in [3.8, 4) is 0 Å². The van der Waals surface area contributed by atoms with Gasteiger partial charge in [-0.25, -0.2) is 0 Å². The summed E-state index contributed by atoms with van der Waals surface area (Å²) in [6.45, 7) is 3.29. The second-order valence-electron chi connectivity index (χ2n) is 4.26. The summed E-state index contributed by atoms with van der Waals surface area (Å²) in [5.74, 6) is -0.194. The molecule has 0 spiro atoms. The highest BCUT2D eigenvalue weighted by molar-refractivity contribution is 5.69. The molecule has 4 nitrogen and oxygen atoms in total. The molecule has 0 fully saturated rings. The highest BCUT2D eigenvalue weighted by Crippen LogP contribution is 2.10. The minimum atomic E-state index is -0.194. The molecule has 0 heterocycles.